The maximum Gasteiger partial charge on any atom is 0.317 e. The van der Waals surface area contributed by atoms with Crippen LogP contribution in [0.15, 0.2) is 48.7 Å². The predicted octanol–water partition coefficient (Wildman–Crippen LogP) is 3.66. The molecule has 0 radical (unpaired) electrons. The SMILES string of the molecule is O=C(NC[C@@H]1C[C@H]1c1ccccc1)N1CCC[C@@H]1c1ccc[nH]1. The van der Waals surface area contributed by atoms with Gasteiger partial charge in [0.1, 0.15) is 0 Å². The van der Waals surface area contributed by atoms with Crippen molar-refractivity contribution in [3.63, 3.8) is 0 Å². The molecule has 1 aliphatic heterocycles. The lowest BCUT2D eigenvalue weighted by molar-refractivity contribution is 0.191. The van der Waals surface area contributed by atoms with Crippen molar-refractivity contribution >= 4 is 6.03 Å². The van der Waals surface area contributed by atoms with Gasteiger partial charge in [-0.25, -0.2) is 4.79 Å². The Morgan fingerprint density at radius 3 is 2.87 bits per heavy atom. The zero-order chi connectivity index (χ0) is 15.6. The Morgan fingerprint density at radius 2 is 2.09 bits per heavy atom. The molecule has 0 spiro atoms. The smallest absolute Gasteiger partial charge is 0.317 e. The summed E-state index contributed by atoms with van der Waals surface area (Å²) in [7, 11) is 0. The van der Waals surface area contributed by atoms with Crippen LogP contribution in [0.2, 0.25) is 0 Å². The van der Waals surface area contributed by atoms with Gasteiger partial charge in [0.25, 0.3) is 0 Å². The van der Waals surface area contributed by atoms with Crippen molar-refractivity contribution < 1.29 is 4.79 Å². The minimum absolute atomic E-state index is 0.0841. The van der Waals surface area contributed by atoms with Crippen LogP contribution in [0.5, 0.6) is 0 Å². The van der Waals surface area contributed by atoms with Gasteiger partial charge in [-0.15, -0.1) is 0 Å². The van der Waals surface area contributed by atoms with E-state index in [1.165, 1.54) is 12.0 Å². The van der Waals surface area contributed by atoms with Crippen LogP contribution in [0.3, 0.4) is 0 Å². The molecule has 2 fully saturated rings. The molecule has 2 aliphatic rings. The number of likely N-dealkylation sites (tertiary alicyclic amines) is 1. The molecule has 1 saturated carbocycles. The Bertz CT molecular complexity index is 653. The normalized spacial score (nSPS) is 26.3. The van der Waals surface area contributed by atoms with Gasteiger partial charge in [-0.3, -0.25) is 0 Å². The zero-order valence-corrected chi connectivity index (χ0v) is 13.2. The summed E-state index contributed by atoms with van der Waals surface area (Å²) in [5.74, 6) is 1.21. The van der Waals surface area contributed by atoms with Gasteiger partial charge < -0.3 is 15.2 Å². The van der Waals surface area contributed by atoms with Gasteiger partial charge >= 0.3 is 6.03 Å². The summed E-state index contributed by atoms with van der Waals surface area (Å²) < 4.78 is 0. The fraction of sp³-hybridized carbons (Fsp3) is 0.421. The summed E-state index contributed by atoms with van der Waals surface area (Å²) in [4.78, 5) is 17.8. The first-order valence-corrected chi connectivity index (χ1v) is 8.55. The van der Waals surface area contributed by atoms with E-state index in [2.05, 4.69) is 46.7 Å². The number of H-pyrrole nitrogens is 1. The molecule has 23 heavy (non-hydrogen) atoms. The van der Waals surface area contributed by atoms with E-state index in [1.807, 2.05) is 17.2 Å². The Morgan fingerprint density at radius 1 is 1.22 bits per heavy atom. The molecule has 1 aromatic carbocycles. The van der Waals surface area contributed by atoms with Gasteiger partial charge in [0.2, 0.25) is 0 Å². The number of urea groups is 1. The molecule has 0 bridgehead atoms. The van der Waals surface area contributed by atoms with Crippen LogP contribution >= 0.6 is 0 Å². The summed E-state index contributed by atoms with van der Waals surface area (Å²) >= 11 is 0. The molecule has 0 unspecified atom stereocenters. The van der Waals surface area contributed by atoms with Crippen LogP contribution in [-0.4, -0.2) is 29.0 Å². The molecule has 1 aliphatic carbocycles. The van der Waals surface area contributed by atoms with Crippen molar-refractivity contribution in [1.29, 1.82) is 0 Å². The number of amides is 2. The summed E-state index contributed by atoms with van der Waals surface area (Å²) in [5.41, 5.74) is 2.54. The minimum atomic E-state index is 0.0841. The monoisotopic (exact) mass is 309 g/mol. The van der Waals surface area contributed by atoms with E-state index in [1.54, 1.807) is 0 Å². The standard InChI is InChI=1S/C19H23N3O/c23-19(22-11-5-9-18(22)17-8-4-10-20-17)21-13-15-12-16(15)14-6-2-1-3-7-14/h1-4,6-8,10,15-16,18,20H,5,9,11-13H2,(H,21,23)/t15-,16-,18+/m0/s1. The fourth-order valence-corrected chi connectivity index (χ4v) is 3.79. The number of hydrogen-bond donors (Lipinski definition) is 2. The molecular weight excluding hydrogens is 286 g/mol. The number of nitrogens with one attached hydrogen (secondary N) is 2. The number of hydrogen-bond acceptors (Lipinski definition) is 1. The van der Waals surface area contributed by atoms with E-state index in [4.69, 9.17) is 0 Å². The van der Waals surface area contributed by atoms with Crippen LogP contribution < -0.4 is 5.32 Å². The van der Waals surface area contributed by atoms with Crippen LogP contribution in [0.1, 0.15) is 42.5 Å². The van der Waals surface area contributed by atoms with Crippen LogP contribution in [-0.2, 0) is 0 Å². The maximum absolute atomic E-state index is 12.5. The fourth-order valence-electron chi connectivity index (χ4n) is 3.79. The minimum Gasteiger partial charge on any atom is -0.363 e. The first-order chi connectivity index (χ1) is 11.3. The van der Waals surface area contributed by atoms with Gasteiger partial charge in [0, 0.05) is 25.0 Å². The molecule has 2 heterocycles. The lowest BCUT2D eigenvalue weighted by Crippen LogP contribution is -2.40. The van der Waals surface area contributed by atoms with E-state index >= 15 is 0 Å². The second kappa shape index (κ2) is 6.11. The van der Waals surface area contributed by atoms with Gasteiger partial charge in [0.15, 0.2) is 0 Å². The molecule has 1 aromatic heterocycles. The highest BCUT2D eigenvalue weighted by Crippen LogP contribution is 2.46. The van der Waals surface area contributed by atoms with Crippen molar-refractivity contribution in [2.24, 2.45) is 5.92 Å². The first kappa shape index (κ1) is 14.4. The lowest BCUT2D eigenvalue weighted by atomic mass is 10.1. The molecule has 120 valence electrons. The summed E-state index contributed by atoms with van der Waals surface area (Å²) in [6.45, 7) is 1.63. The molecule has 4 heteroatoms. The molecule has 4 rings (SSSR count). The maximum atomic E-state index is 12.5. The molecule has 4 nitrogen and oxygen atoms in total. The predicted molar refractivity (Wildman–Crippen MR) is 90.2 cm³/mol. The number of nitrogens with zero attached hydrogens (tertiary/aromatic N) is 1. The quantitative estimate of drug-likeness (QED) is 0.889. The van der Waals surface area contributed by atoms with E-state index in [0.29, 0.717) is 11.8 Å². The van der Waals surface area contributed by atoms with Gasteiger partial charge in [-0.05, 0) is 48.8 Å². The lowest BCUT2D eigenvalue weighted by Gasteiger charge is -2.24. The molecule has 1 saturated heterocycles. The number of aromatic amines is 1. The molecular formula is C19H23N3O. The van der Waals surface area contributed by atoms with Gasteiger partial charge in [-0.1, -0.05) is 30.3 Å². The summed E-state index contributed by atoms with van der Waals surface area (Å²) in [6.07, 6.45) is 5.24. The van der Waals surface area contributed by atoms with E-state index in [-0.39, 0.29) is 12.1 Å². The Hall–Kier alpha value is -2.23. The Balaban J connectivity index is 1.31. The Labute approximate surface area is 136 Å². The van der Waals surface area contributed by atoms with Crippen molar-refractivity contribution in [3.8, 4) is 0 Å². The van der Waals surface area contributed by atoms with E-state index in [0.717, 1.165) is 31.6 Å². The highest BCUT2D eigenvalue weighted by molar-refractivity contribution is 5.75. The third-order valence-corrected chi connectivity index (χ3v) is 5.16. The topological polar surface area (TPSA) is 48.1 Å². The molecule has 3 atom stereocenters. The number of benzene rings is 1. The number of carbonyl (C=O) groups excluding carboxylic acids is 1. The summed E-state index contributed by atoms with van der Waals surface area (Å²) in [5, 5.41) is 3.15. The molecule has 2 aromatic rings. The third-order valence-electron chi connectivity index (χ3n) is 5.16. The van der Waals surface area contributed by atoms with E-state index in [9.17, 15) is 4.79 Å². The average molecular weight is 309 g/mol. The highest BCUT2D eigenvalue weighted by Gasteiger charge is 2.39. The average Bonchev–Trinajstić information content (AvgIpc) is 2.99. The van der Waals surface area contributed by atoms with Gasteiger partial charge in [-0.2, -0.15) is 0 Å². The second-order valence-electron chi connectivity index (χ2n) is 6.68. The van der Waals surface area contributed by atoms with Crippen LogP contribution in [0.25, 0.3) is 0 Å². The third kappa shape index (κ3) is 2.98. The summed E-state index contributed by atoms with van der Waals surface area (Å²) in [6, 6.07) is 15.0. The highest BCUT2D eigenvalue weighted by atomic mass is 16.2. The van der Waals surface area contributed by atoms with Crippen molar-refractivity contribution in [2.45, 2.75) is 31.2 Å². The van der Waals surface area contributed by atoms with Crippen molar-refractivity contribution in [3.05, 3.63) is 59.9 Å². The first-order valence-electron chi connectivity index (χ1n) is 8.55. The largest absolute Gasteiger partial charge is 0.363 e. The van der Waals surface area contributed by atoms with Crippen LogP contribution in [0.4, 0.5) is 4.79 Å². The number of carbonyl (C=O) groups is 1. The van der Waals surface area contributed by atoms with Crippen molar-refractivity contribution in [2.75, 3.05) is 13.1 Å². The molecule has 2 N–H and O–H groups in total. The second-order valence-corrected chi connectivity index (χ2v) is 6.68. The zero-order valence-electron chi connectivity index (χ0n) is 13.2. The Kier molecular flexibility index (Phi) is 3.82. The number of rotatable bonds is 4. The van der Waals surface area contributed by atoms with Crippen LogP contribution in [0, 0.1) is 5.92 Å². The van der Waals surface area contributed by atoms with Gasteiger partial charge in [0.05, 0.1) is 6.04 Å². The number of aromatic nitrogens is 1. The van der Waals surface area contributed by atoms with E-state index < -0.39 is 0 Å². The molecule has 2 amide bonds. The van der Waals surface area contributed by atoms with Crippen molar-refractivity contribution in [1.82, 2.24) is 15.2 Å².